The van der Waals surface area contributed by atoms with Gasteiger partial charge in [-0.25, -0.2) is 0 Å². The Labute approximate surface area is 147 Å². The Morgan fingerprint density at radius 1 is 1.08 bits per heavy atom. The number of hydrogen-bond donors (Lipinski definition) is 3. The first-order chi connectivity index (χ1) is 11.9. The highest BCUT2D eigenvalue weighted by atomic mass is 16.5. The lowest BCUT2D eigenvalue weighted by molar-refractivity contribution is -0.114. The minimum absolute atomic E-state index is 0.0917. The van der Waals surface area contributed by atoms with Crippen molar-refractivity contribution in [3.05, 3.63) is 54.1 Å². The van der Waals surface area contributed by atoms with Gasteiger partial charge in [-0.1, -0.05) is 26.0 Å². The first-order valence-electron chi connectivity index (χ1n) is 8.10. The van der Waals surface area contributed by atoms with E-state index in [1.165, 1.54) is 0 Å². The number of nitrogens with one attached hydrogen (secondary N) is 2. The van der Waals surface area contributed by atoms with Gasteiger partial charge >= 0.3 is 0 Å². The second-order valence-electron chi connectivity index (χ2n) is 6.08. The molecule has 4 N–H and O–H groups in total. The van der Waals surface area contributed by atoms with E-state index in [1.54, 1.807) is 24.3 Å². The average Bonchev–Trinajstić information content (AvgIpc) is 2.59. The van der Waals surface area contributed by atoms with Crippen molar-refractivity contribution in [3.8, 4) is 5.75 Å². The highest BCUT2D eigenvalue weighted by Gasteiger charge is 2.06. The fraction of sp³-hybridized carbons (Fsp3) is 0.263. The van der Waals surface area contributed by atoms with Gasteiger partial charge in [-0.05, 0) is 36.2 Å². The molecule has 0 aliphatic heterocycles. The van der Waals surface area contributed by atoms with E-state index in [0.29, 0.717) is 23.8 Å². The van der Waals surface area contributed by atoms with Gasteiger partial charge in [0.05, 0.1) is 13.2 Å². The van der Waals surface area contributed by atoms with E-state index in [2.05, 4.69) is 24.5 Å². The van der Waals surface area contributed by atoms with Crippen LogP contribution in [0.1, 0.15) is 24.2 Å². The minimum Gasteiger partial charge on any atom is -0.493 e. The van der Waals surface area contributed by atoms with Crippen LogP contribution in [0.2, 0.25) is 0 Å². The molecular formula is C19H23N3O3. The molecule has 6 nitrogen and oxygen atoms in total. The number of anilines is 2. The van der Waals surface area contributed by atoms with Crippen LogP contribution >= 0.6 is 0 Å². The van der Waals surface area contributed by atoms with E-state index in [-0.39, 0.29) is 12.5 Å². The van der Waals surface area contributed by atoms with Crippen molar-refractivity contribution < 1.29 is 14.3 Å². The maximum absolute atomic E-state index is 12.0. The summed E-state index contributed by atoms with van der Waals surface area (Å²) < 4.78 is 5.66. The topological polar surface area (TPSA) is 93.4 Å². The number of primary amides is 1. The Morgan fingerprint density at radius 2 is 1.80 bits per heavy atom. The molecule has 0 saturated carbocycles. The molecule has 25 heavy (non-hydrogen) atoms. The summed E-state index contributed by atoms with van der Waals surface area (Å²) in [5, 5.41) is 5.77. The molecule has 0 spiro atoms. The number of hydrogen-bond acceptors (Lipinski definition) is 4. The van der Waals surface area contributed by atoms with Crippen LogP contribution in [0.25, 0.3) is 0 Å². The number of carbonyl (C=O) groups is 2. The van der Waals surface area contributed by atoms with Gasteiger partial charge in [-0.2, -0.15) is 0 Å². The van der Waals surface area contributed by atoms with E-state index in [4.69, 9.17) is 10.5 Å². The third kappa shape index (κ3) is 6.18. The second-order valence-corrected chi connectivity index (χ2v) is 6.08. The van der Waals surface area contributed by atoms with E-state index >= 15 is 0 Å². The molecule has 2 aromatic rings. The van der Waals surface area contributed by atoms with Crippen LogP contribution in [0.15, 0.2) is 48.5 Å². The number of rotatable bonds is 8. The van der Waals surface area contributed by atoms with Crippen molar-refractivity contribution in [2.75, 3.05) is 23.8 Å². The van der Waals surface area contributed by atoms with Crippen LogP contribution < -0.4 is 21.1 Å². The zero-order valence-corrected chi connectivity index (χ0v) is 14.4. The Kier molecular flexibility index (Phi) is 6.39. The van der Waals surface area contributed by atoms with Crippen molar-refractivity contribution in [2.45, 2.75) is 13.8 Å². The van der Waals surface area contributed by atoms with Crippen LogP contribution in [0.4, 0.5) is 11.4 Å². The van der Waals surface area contributed by atoms with Gasteiger partial charge in [-0.3, -0.25) is 9.59 Å². The van der Waals surface area contributed by atoms with Crippen molar-refractivity contribution in [1.29, 1.82) is 0 Å². The summed E-state index contributed by atoms with van der Waals surface area (Å²) in [6.07, 6.45) is 0. The fourth-order valence-electron chi connectivity index (χ4n) is 2.10. The maximum atomic E-state index is 12.0. The molecule has 2 rings (SSSR count). The summed E-state index contributed by atoms with van der Waals surface area (Å²) in [6, 6.07) is 14.0. The van der Waals surface area contributed by atoms with Crippen LogP contribution in [0.5, 0.6) is 5.75 Å². The Balaban J connectivity index is 1.88. The number of amides is 2. The highest BCUT2D eigenvalue weighted by molar-refractivity contribution is 5.97. The third-order valence-electron chi connectivity index (χ3n) is 3.30. The molecule has 2 amide bonds. The van der Waals surface area contributed by atoms with Gasteiger partial charge in [-0.15, -0.1) is 0 Å². The summed E-state index contributed by atoms with van der Waals surface area (Å²) in [4.78, 5) is 23.2. The summed E-state index contributed by atoms with van der Waals surface area (Å²) in [5.74, 6) is 0.439. The largest absolute Gasteiger partial charge is 0.493 e. The maximum Gasteiger partial charge on any atom is 0.248 e. The average molecular weight is 341 g/mol. The number of benzene rings is 2. The van der Waals surface area contributed by atoms with Crippen molar-refractivity contribution in [3.63, 3.8) is 0 Å². The predicted molar refractivity (Wildman–Crippen MR) is 98.9 cm³/mol. The molecule has 0 aliphatic rings. The molecule has 0 fully saturated rings. The molecule has 0 radical (unpaired) electrons. The fourth-order valence-corrected chi connectivity index (χ4v) is 2.10. The first kappa shape index (κ1) is 18.3. The summed E-state index contributed by atoms with van der Waals surface area (Å²) in [5.41, 5.74) is 6.90. The standard InChI is InChI=1S/C19H23N3O3/c1-13(2)12-25-17-8-4-6-15(10-17)21-11-18(23)22-16-7-3-5-14(9-16)19(20)24/h3-10,13,21H,11-12H2,1-2H3,(H2,20,24)(H,22,23). The van der Waals surface area contributed by atoms with Gasteiger partial charge in [0.1, 0.15) is 5.75 Å². The van der Waals surface area contributed by atoms with Gasteiger partial charge in [0.15, 0.2) is 0 Å². The molecule has 132 valence electrons. The Morgan fingerprint density at radius 3 is 2.52 bits per heavy atom. The van der Waals surface area contributed by atoms with Gasteiger partial charge in [0.25, 0.3) is 0 Å². The van der Waals surface area contributed by atoms with Crippen LogP contribution in [-0.4, -0.2) is 25.0 Å². The van der Waals surface area contributed by atoms with Crippen LogP contribution in [0.3, 0.4) is 0 Å². The number of nitrogens with two attached hydrogens (primary N) is 1. The normalized spacial score (nSPS) is 10.4. The van der Waals surface area contributed by atoms with Gasteiger partial charge in [0, 0.05) is 23.0 Å². The van der Waals surface area contributed by atoms with E-state index in [0.717, 1.165) is 11.4 Å². The molecule has 2 aromatic carbocycles. The molecule has 0 aromatic heterocycles. The number of carbonyl (C=O) groups excluding carboxylic acids is 2. The minimum atomic E-state index is -0.535. The van der Waals surface area contributed by atoms with Crippen molar-refractivity contribution in [1.82, 2.24) is 0 Å². The molecule has 0 saturated heterocycles. The Hall–Kier alpha value is -3.02. The highest BCUT2D eigenvalue weighted by Crippen LogP contribution is 2.18. The zero-order valence-electron chi connectivity index (χ0n) is 14.4. The monoisotopic (exact) mass is 341 g/mol. The summed E-state index contributed by atoms with van der Waals surface area (Å²) in [6.45, 7) is 4.90. The second kappa shape index (κ2) is 8.73. The van der Waals surface area contributed by atoms with Crippen molar-refractivity contribution >= 4 is 23.2 Å². The predicted octanol–water partition coefficient (Wildman–Crippen LogP) is 2.87. The molecule has 0 unspecified atom stereocenters. The summed E-state index contributed by atoms with van der Waals surface area (Å²) >= 11 is 0. The molecule has 0 aliphatic carbocycles. The smallest absolute Gasteiger partial charge is 0.248 e. The van der Waals surface area contributed by atoms with E-state index in [1.807, 2.05) is 24.3 Å². The lowest BCUT2D eigenvalue weighted by Gasteiger charge is -2.11. The third-order valence-corrected chi connectivity index (χ3v) is 3.30. The molecule has 0 heterocycles. The lowest BCUT2D eigenvalue weighted by Crippen LogP contribution is -2.22. The van der Waals surface area contributed by atoms with E-state index in [9.17, 15) is 9.59 Å². The lowest BCUT2D eigenvalue weighted by atomic mass is 10.2. The van der Waals surface area contributed by atoms with Crippen molar-refractivity contribution in [2.24, 2.45) is 11.7 Å². The number of ether oxygens (including phenoxy) is 1. The van der Waals surface area contributed by atoms with Gasteiger partial charge < -0.3 is 21.1 Å². The summed E-state index contributed by atoms with van der Waals surface area (Å²) in [7, 11) is 0. The molecular weight excluding hydrogens is 318 g/mol. The van der Waals surface area contributed by atoms with Crippen LogP contribution in [-0.2, 0) is 4.79 Å². The quantitative estimate of drug-likeness (QED) is 0.688. The molecule has 0 atom stereocenters. The molecule has 6 heteroatoms. The van der Waals surface area contributed by atoms with Crippen LogP contribution in [0, 0.1) is 5.92 Å². The Bertz CT molecular complexity index is 744. The van der Waals surface area contributed by atoms with E-state index < -0.39 is 5.91 Å². The van der Waals surface area contributed by atoms with Gasteiger partial charge in [0.2, 0.25) is 11.8 Å². The first-order valence-corrected chi connectivity index (χ1v) is 8.10. The zero-order chi connectivity index (χ0) is 18.2. The SMILES string of the molecule is CC(C)COc1cccc(NCC(=O)Nc2cccc(C(N)=O)c2)c1. The molecule has 0 bridgehead atoms.